The van der Waals surface area contributed by atoms with Gasteiger partial charge < -0.3 is 10.3 Å². The SMILES string of the molecule is CC1CCCC(c2noc(CC3(N)CCC3)n2)C1. The Bertz CT molecular complexity index is 411. The third-order valence-corrected chi connectivity index (χ3v) is 4.64. The monoisotopic (exact) mass is 249 g/mol. The molecule has 0 radical (unpaired) electrons. The van der Waals surface area contributed by atoms with Crippen LogP contribution in [0.25, 0.3) is 0 Å². The lowest BCUT2D eigenvalue weighted by Gasteiger charge is -2.36. The van der Waals surface area contributed by atoms with Crippen molar-refractivity contribution < 1.29 is 4.52 Å². The van der Waals surface area contributed by atoms with Crippen molar-refractivity contribution in [2.24, 2.45) is 11.7 Å². The van der Waals surface area contributed by atoms with E-state index in [9.17, 15) is 0 Å². The molecule has 0 aliphatic heterocycles. The predicted molar refractivity (Wildman–Crippen MR) is 69.1 cm³/mol. The molecule has 4 heteroatoms. The fourth-order valence-electron chi connectivity index (χ4n) is 3.28. The van der Waals surface area contributed by atoms with E-state index < -0.39 is 0 Å². The lowest BCUT2D eigenvalue weighted by molar-refractivity contribution is 0.221. The highest BCUT2D eigenvalue weighted by molar-refractivity contribution is 5.03. The van der Waals surface area contributed by atoms with Gasteiger partial charge in [0.25, 0.3) is 0 Å². The highest BCUT2D eigenvalue weighted by Gasteiger charge is 2.35. The van der Waals surface area contributed by atoms with Crippen LogP contribution in [-0.2, 0) is 6.42 Å². The topological polar surface area (TPSA) is 64.9 Å². The Morgan fingerprint density at radius 3 is 2.83 bits per heavy atom. The van der Waals surface area contributed by atoms with Crippen molar-refractivity contribution in [3.8, 4) is 0 Å². The first-order valence-corrected chi connectivity index (χ1v) is 7.26. The average molecular weight is 249 g/mol. The summed E-state index contributed by atoms with van der Waals surface area (Å²) in [6.45, 7) is 2.32. The zero-order chi connectivity index (χ0) is 12.6. The van der Waals surface area contributed by atoms with E-state index in [1.807, 2.05) is 0 Å². The molecule has 2 aliphatic carbocycles. The maximum absolute atomic E-state index is 6.22. The number of rotatable bonds is 3. The molecule has 1 heterocycles. The van der Waals surface area contributed by atoms with Crippen LogP contribution in [-0.4, -0.2) is 15.7 Å². The molecule has 0 saturated heterocycles. The number of hydrogen-bond donors (Lipinski definition) is 1. The molecular weight excluding hydrogens is 226 g/mol. The standard InChI is InChI=1S/C14H23N3O/c1-10-4-2-5-11(8-10)13-16-12(18-17-13)9-14(15)6-3-7-14/h10-11H,2-9,15H2,1H3. The fourth-order valence-corrected chi connectivity index (χ4v) is 3.28. The van der Waals surface area contributed by atoms with Crippen LogP contribution in [0, 0.1) is 5.92 Å². The molecule has 1 aromatic rings. The fraction of sp³-hybridized carbons (Fsp3) is 0.857. The highest BCUT2D eigenvalue weighted by atomic mass is 16.5. The largest absolute Gasteiger partial charge is 0.339 e. The molecular formula is C14H23N3O. The number of nitrogens with two attached hydrogens (primary N) is 1. The zero-order valence-corrected chi connectivity index (χ0v) is 11.2. The van der Waals surface area contributed by atoms with Crippen LogP contribution in [0.1, 0.15) is 69.5 Å². The van der Waals surface area contributed by atoms with E-state index in [0.29, 0.717) is 5.92 Å². The molecule has 2 fully saturated rings. The van der Waals surface area contributed by atoms with Gasteiger partial charge in [-0.25, -0.2) is 0 Å². The first kappa shape index (κ1) is 12.2. The summed E-state index contributed by atoms with van der Waals surface area (Å²) < 4.78 is 5.38. The average Bonchev–Trinajstić information content (AvgIpc) is 2.75. The van der Waals surface area contributed by atoms with Crippen molar-refractivity contribution in [3.05, 3.63) is 11.7 Å². The van der Waals surface area contributed by atoms with Crippen molar-refractivity contribution in [1.29, 1.82) is 0 Å². The quantitative estimate of drug-likeness (QED) is 0.894. The summed E-state index contributed by atoms with van der Waals surface area (Å²) in [7, 11) is 0. The second-order valence-corrected chi connectivity index (χ2v) is 6.41. The third kappa shape index (κ3) is 2.44. The normalized spacial score (nSPS) is 31.0. The van der Waals surface area contributed by atoms with Gasteiger partial charge in [0, 0.05) is 17.9 Å². The molecule has 2 unspecified atom stereocenters. The maximum atomic E-state index is 6.22. The summed E-state index contributed by atoms with van der Waals surface area (Å²) in [6, 6.07) is 0. The predicted octanol–water partition coefficient (Wildman–Crippen LogP) is 2.79. The van der Waals surface area contributed by atoms with E-state index in [1.165, 1.54) is 32.1 Å². The summed E-state index contributed by atoms with van der Waals surface area (Å²) in [5.41, 5.74) is 6.15. The van der Waals surface area contributed by atoms with Gasteiger partial charge in [0.15, 0.2) is 5.82 Å². The Morgan fingerprint density at radius 1 is 1.33 bits per heavy atom. The van der Waals surface area contributed by atoms with Crippen LogP contribution in [0.15, 0.2) is 4.52 Å². The van der Waals surface area contributed by atoms with Gasteiger partial charge in [-0.3, -0.25) is 0 Å². The molecule has 2 aliphatic rings. The molecule has 0 amide bonds. The summed E-state index contributed by atoms with van der Waals surface area (Å²) in [5, 5.41) is 4.18. The Balaban J connectivity index is 1.65. The van der Waals surface area contributed by atoms with Gasteiger partial charge in [0.1, 0.15) is 0 Å². The van der Waals surface area contributed by atoms with Crippen molar-refractivity contribution in [2.45, 2.75) is 69.7 Å². The van der Waals surface area contributed by atoms with Crippen LogP contribution in [0.4, 0.5) is 0 Å². The maximum Gasteiger partial charge on any atom is 0.228 e. The van der Waals surface area contributed by atoms with Gasteiger partial charge in [-0.2, -0.15) is 4.98 Å². The molecule has 18 heavy (non-hydrogen) atoms. The Labute approximate surface area is 108 Å². The molecule has 0 bridgehead atoms. The van der Waals surface area contributed by atoms with Crippen LogP contribution in [0.5, 0.6) is 0 Å². The number of nitrogens with zero attached hydrogens (tertiary/aromatic N) is 2. The lowest BCUT2D eigenvalue weighted by Crippen LogP contribution is -2.48. The summed E-state index contributed by atoms with van der Waals surface area (Å²) in [6.07, 6.45) is 9.20. The van der Waals surface area contributed by atoms with Crippen molar-refractivity contribution in [2.75, 3.05) is 0 Å². The lowest BCUT2D eigenvalue weighted by atomic mass is 9.75. The molecule has 2 saturated carbocycles. The third-order valence-electron chi connectivity index (χ3n) is 4.64. The zero-order valence-electron chi connectivity index (χ0n) is 11.2. The molecule has 3 rings (SSSR count). The van der Waals surface area contributed by atoms with Crippen LogP contribution < -0.4 is 5.73 Å². The van der Waals surface area contributed by atoms with Crippen LogP contribution in [0.2, 0.25) is 0 Å². The van der Waals surface area contributed by atoms with Gasteiger partial charge in [-0.05, 0) is 38.0 Å². The molecule has 0 aromatic carbocycles. The van der Waals surface area contributed by atoms with Gasteiger partial charge in [0.2, 0.25) is 5.89 Å². The van der Waals surface area contributed by atoms with Gasteiger partial charge >= 0.3 is 0 Å². The van der Waals surface area contributed by atoms with E-state index in [2.05, 4.69) is 17.1 Å². The van der Waals surface area contributed by atoms with E-state index in [0.717, 1.165) is 36.9 Å². The molecule has 100 valence electrons. The molecule has 2 atom stereocenters. The van der Waals surface area contributed by atoms with Crippen molar-refractivity contribution in [1.82, 2.24) is 10.1 Å². The van der Waals surface area contributed by atoms with E-state index in [4.69, 9.17) is 10.3 Å². The minimum Gasteiger partial charge on any atom is -0.339 e. The van der Waals surface area contributed by atoms with Gasteiger partial charge in [0.05, 0.1) is 0 Å². The minimum absolute atomic E-state index is 0.0658. The number of aromatic nitrogens is 2. The summed E-state index contributed by atoms with van der Waals surface area (Å²) in [5.74, 6) is 2.95. The number of hydrogen-bond acceptors (Lipinski definition) is 4. The molecule has 1 aromatic heterocycles. The van der Waals surface area contributed by atoms with E-state index in [-0.39, 0.29) is 5.54 Å². The van der Waals surface area contributed by atoms with Crippen molar-refractivity contribution in [3.63, 3.8) is 0 Å². The van der Waals surface area contributed by atoms with Crippen LogP contribution >= 0.6 is 0 Å². The van der Waals surface area contributed by atoms with E-state index in [1.54, 1.807) is 0 Å². The first-order valence-electron chi connectivity index (χ1n) is 7.26. The summed E-state index contributed by atoms with van der Waals surface area (Å²) >= 11 is 0. The second kappa shape index (κ2) is 4.65. The van der Waals surface area contributed by atoms with Crippen molar-refractivity contribution >= 4 is 0 Å². The summed E-state index contributed by atoms with van der Waals surface area (Å²) in [4.78, 5) is 4.58. The Kier molecular flexibility index (Phi) is 3.14. The minimum atomic E-state index is -0.0658. The van der Waals surface area contributed by atoms with Gasteiger partial charge in [-0.15, -0.1) is 0 Å². The van der Waals surface area contributed by atoms with Gasteiger partial charge in [-0.1, -0.05) is 24.9 Å². The second-order valence-electron chi connectivity index (χ2n) is 6.41. The molecule has 2 N–H and O–H groups in total. The highest BCUT2D eigenvalue weighted by Crippen LogP contribution is 2.35. The molecule has 4 nitrogen and oxygen atoms in total. The molecule has 0 spiro atoms. The van der Waals surface area contributed by atoms with Crippen LogP contribution in [0.3, 0.4) is 0 Å². The van der Waals surface area contributed by atoms with E-state index >= 15 is 0 Å². The smallest absolute Gasteiger partial charge is 0.228 e. The Morgan fingerprint density at radius 2 is 2.17 bits per heavy atom. The Hall–Kier alpha value is -0.900. The first-order chi connectivity index (χ1) is 8.65.